The molecule has 1 heterocycles. The predicted octanol–water partition coefficient (Wildman–Crippen LogP) is -1.20. The van der Waals surface area contributed by atoms with Crippen molar-refractivity contribution in [3.05, 3.63) is 46.2 Å². The third kappa shape index (κ3) is 3.30. The first-order valence-corrected chi connectivity index (χ1v) is 6.09. The first-order valence-electron chi connectivity index (χ1n) is 5.21. The molecule has 2 aromatic rings. The van der Waals surface area contributed by atoms with Crippen LogP contribution in [-0.4, -0.2) is 10.5 Å². The molecular weight excluding hydrogens is 314 g/mol. The third-order valence-corrected chi connectivity index (χ3v) is 3.15. The van der Waals surface area contributed by atoms with E-state index in [9.17, 15) is 4.79 Å². The van der Waals surface area contributed by atoms with Crippen LogP contribution in [0.3, 0.4) is 0 Å². The fourth-order valence-corrected chi connectivity index (χ4v) is 2.32. The van der Waals surface area contributed by atoms with Gasteiger partial charge in [0.2, 0.25) is 10.7 Å². The standard InChI is InChI=1S/C12H13N3OS.BrH/c1-9-8-17-12(14-13-10(2)16)15(9)11-6-4-3-5-7-11;/h3-8H,1-2H3,(H,13,16);1H/p-1/b14-12-;. The molecule has 2 rings (SSSR count). The molecule has 0 spiro atoms. The Balaban J connectivity index is 0.00000162. The second kappa shape index (κ2) is 6.51. The highest BCUT2D eigenvalue weighted by molar-refractivity contribution is 7.07. The van der Waals surface area contributed by atoms with E-state index in [2.05, 4.69) is 10.5 Å². The van der Waals surface area contributed by atoms with Gasteiger partial charge in [-0.05, 0) is 19.1 Å². The van der Waals surface area contributed by atoms with Gasteiger partial charge >= 0.3 is 0 Å². The Morgan fingerprint density at radius 3 is 2.61 bits per heavy atom. The lowest BCUT2D eigenvalue weighted by atomic mass is 10.3. The van der Waals surface area contributed by atoms with Gasteiger partial charge < -0.3 is 17.0 Å². The van der Waals surface area contributed by atoms with Gasteiger partial charge in [0.05, 0.1) is 0 Å². The van der Waals surface area contributed by atoms with Crippen LogP contribution < -0.4 is 27.2 Å². The summed E-state index contributed by atoms with van der Waals surface area (Å²) >= 11 is 1.49. The van der Waals surface area contributed by atoms with E-state index in [-0.39, 0.29) is 22.9 Å². The van der Waals surface area contributed by atoms with E-state index in [0.29, 0.717) is 0 Å². The zero-order chi connectivity index (χ0) is 12.3. The molecule has 0 aliphatic carbocycles. The Labute approximate surface area is 120 Å². The summed E-state index contributed by atoms with van der Waals surface area (Å²) in [5.41, 5.74) is 4.59. The molecular formula is C12H13BrN3OS-. The topological polar surface area (TPSA) is 46.4 Å². The van der Waals surface area contributed by atoms with E-state index in [1.165, 1.54) is 18.3 Å². The van der Waals surface area contributed by atoms with Crippen LogP contribution in [0.4, 0.5) is 0 Å². The lowest BCUT2D eigenvalue weighted by Gasteiger charge is -2.04. The highest BCUT2D eigenvalue weighted by Gasteiger charge is 2.03. The summed E-state index contributed by atoms with van der Waals surface area (Å²) < 4.78 is 2.00. The van der Waals surface area contributed by atoms with Crippen LogP contribution in [0.2, 0.25) is 0 Å². The van der Waals surface area contributed by atoms with Crippen molar-refractivity contribution in [2.45, 2.75) is 13.8 Å². The smallest absolute Gasteiger partial charge is 0.237 e. The Kier molecular flexibility index (Phi) is 5.30. The summed E-state index contributed by atoms with van der Waals surface area (Å²) in [6, 6.07) is 9.93. The number of aryl methyl sites for hydroxylation is 1. The first-order chi connectivity index (χ1) is 8.18. The quantitative estimate of drug-likeness (QED) is 0.693. The van der Waals surface area contributed by atoms with Gasteiger partial charge in [-0.25, -0.2) is 5.43 Å². The van der Waals surface area contributed by atoms with Gasteiger partial charge in [-0.3, -0.25) is 9.36 Å². The number of benzene rings is 1. The Hall–Kier alpha value is -1.40. The number of para-hydroxylation sites is 1. The fraction of sp³-hybridized carbons (Fsp3) is 0.167. The van der Waals surface area contributed by atoms with Crippen molar-refractivity contribution in [3.8, 4) is 5.69 Å². The summed E-state index contributed by atoms with van der Waals surface area (Å²) in [7, 11) is 0. The van der Waals surface area contributed by atoms with Crippen molar-refractivity contribution >= 4 is 17.2 Å². The van der Waals surface area contributed by atoms with Crippen LogP contribution in [0.5, 0.6) is 0 Å². The zero-order valence-corrected chi connectivity index (χ0v) is 12.5. The number of rotatable bonds is 2. The number of hydrogen-bond donors (Lipinski definition) is 1. The summed E-state index contributed by atoms with van der Waals surface area (Å²) in [5.74, 6) is -0.171. The van der Waals surface area contributed by atoms with E-state index >= 15 is 0 Å². The maximum atomic E-state index is 10.9. The van der Waals surface area contributed by atoms with Crippen molar-refractivity contribution in [1.82, 2.24) is 9.99 Å². The number of aromatic nitrogens is 1. The number of thiazole rings is 1. The fourth-order valence-electron chi connectivity index (χ4n) is 1.49. The summed E-state index contributed by atoms with van der Waals surface area (Å²) in [4.78, 5) is 11.6. The minimum absolute atomic E-state index is 0. The summed E-state index contributed by atoms with van der Waals surface area (Å²) in [6.07, 6.45) is 0. The molecule has 0 bridgehead atoms. The lowest BCUT2D eigenvalue weighted by Crippen LogP contribution is -3.00. The van der Waals surface area contributed by atoms with Crippen LogP contribution in [0.1, 0.15) is 12.6 Å². The van der Waals surface area contributed by atoms with Crippen LogP contribution in [0.15, 0.2) is 40.8 Å². The summed E-state index contributed by atoms with van der Waals surface area (Å²) in [6.45, 7) is 3.45. The minimum Gasteiger partial charge on any atom is -1.00 e. The van der Waals surface area contributed by atoms with Crippen molar-refractivity contribution in [1.29, 1.82) is 0 Å². The van der Waals surface area contributed by atoms with E-state index in [1.807, 2.05) is 47.2 Å². The van der Waals surface area contributed by atoms with Gasteiger partial charge in [-0.1, -0.05) is 18.2 Å². The maximum Gasteiger partial charge on any atom is 0.237 e. The normalized spacial score (nSPS) is 10.9. The number of nitrogens with zero attached hydrogens (tertiary/aromatic N) is 2. The molecule has 0 aliphatic heterocycles. The molecule has 0 radical (unpaired) electrons. The predicted molar refractivity (Wildman–Crippen MR) is 67.8 cm³/mol. The number of amides is 1. The number of hydrogen-bond acceptors (Lipinski definition) is 3. The Morgan fingerprint density at radius 2 is 2.00 bits per heavy atom. The molecule has 0 saturated carbocycles. The van der Waals surface area contributed by atoms with Crippen LogP contribution >= 0.6 is 11.3 Å². The Morgan fingerprint density at radius 1 is 1.33 bits per heavy atom. The third-order valence-electron chi connectivity index (χ3n) is 2.20. The molecule has 1 aromatic carbocycles. The number of nitrogens with one attached hydrogen (secondary N) is 1. The Bertz CT molecular complexity index is 589. The largest absolute Gasteiger partial charge is 1.00 e. The van der Waals surface area contributed by atoms with Gasteiger partial charge in [0, 0.05) is 23.7 Å². The van der Waals surface area contributed by atoms with Crippen molar-refractivity contribution < 1.29 is 21.8 Å². The van der Waals surface area contributed by atoms with Gasteiger partial charge in [-0.2, -0.15) is 0 Å². The SMILES string of the molecule is CC(=O)N/N=c1\scc(C)n1-c1ccccc1.[Br-]. The molecule has 0 saturated heterocycles. The molecule has 0 unspecified atom stereocenters. The molecule has 96 valence electrons. The van der Waals surface area contributed by atoms with E-state index in [0.717, 1.165) is 16.2 Å². The minimum atomic E-state index is -0.171. The molecule has 1 aromatic heterocycles. The van der Waals surface area contributed by atoms with Crippen molar-refractivity contribution in [2.24, 2.45) is 5.10 Å². The van der Waals surface area contributed by atoms with Gasteiger partial charge in [0.15, 0.2) is 0 Å². The monoisotopic (exact) mass is 326 g/mol. The van der Waals surface area contributed by atoms with E-state index in [4.69, 9.17) is 0 Å². The lowest BCUT2D eigenvalue weighted by molar-refractivity contribution is -0.119. The molecule has 0 aliphatic rings. The van der Waals surface area contributed by atoms with E-state index in [1.54, 1.807) is 0 Å². The molecule has 4 nitrogen and oxygen atoms in total. The van der Waals surface area contributed by atoms with Crippen molar-refractivity contribution in [3.63, 3.8) is 0 Å². The second-order valence-corrected chi connectivity index (χ2v) is 4.45. The van der Waals surface area contributed by atoms with Gasteiger partial charge in [0.1, 0.15) is 0 Å². The average Bonchev–Trinajstić information content (AvgIpc) is 2.69. The number of carbonyl (C=O) groups is 1. The van der Waals surface area contributed by atoms with Gasteiger partial charge in [0.25, 0.3) is 0 Å². The van der Waals surface area contributed by atoms with Gasteiger partial charge in [-0.15, -0.1) is 16.4 Å². The zero-order valence-electron chi connectivity index (χ0n) is 10.1. The average molecular weight is 327 g/mol. The summed E-state index contributed by atoms with van der Waals surface area (Å²) in [5, 5.41) is 6.09. The highest BCUT2D eigenvalue weighted by Crippen LogP contribution is 2.09. The molecule has 1 N–H and O–H groups in total. The maximum absolute atomic E-state index is 10.9. The van der Waals surface area contributed by atoms with Crippen molar-refractivity contribution in [2.75, 3.05) is 0 Å². The molecule has 18 heavy (non-hydrogen) atoms. The second-order valence-electron chi connectivity index (χ2n) is 3.61. The van der Waals surface area contributed by atoms with E-state index < -0.39 is 0 Å². The molecule has 1 amide bonds. The molecule has 0 fully saturated rings. The first kappa shape index (κ1) is 14.7. The van der Waals surface area contributed by atoms with Crippen LogP contribution in [0, 0.1) is 6.92 Å². The number of carbonyl (C=O) groups excluding carboxylic acids is 1. The van der Waals surface area contributed by atoms with Crippen LogP contribution in [0.25, 0.3) is 5.69 Å². The van der Waals surface area contributed by atoms with Crippen LogP contribution in [-0.2, 0) is 4.79 Å². The number of halogens is 1. The highest BCUT2D eigenvalue weighted by atomic mass is 79.9. The molecule has 6 heteroatoms. The molecule has 0 atom stereocenters.